The third kappa shape index (κ3) is 2.61. The first kappa shape index (κ1) is 15.0. The van der Waals surface area contributed by atoms with Crippen LogP contribution in [-0.4, -0.2) is 30.8 Å². The van der Waals surface area contributed by atoms with Gasteiger partial charge in [0.15, 0.2) is 10.8 Å². The van der Waals surface area contributed by atoms with Gasteiger partial charge in [0.1, 0.15) is 5.75 Å². The second kappa shape index (κ2) is 5.69. The van der Waals surface area contributed by atoms with Crippen molar-refractivity contribution in [3.05, 3.63) is 57.0 Å². The van der Waals surface area contributed by atoms with Crippen LogP contribution in [-0.2, 0) is 0 Å². The summed E-state index contributed by atoms with van der Waals surface area (Å²) in [4.78, 5) is 30.8. The minimum atomic E-state index is -0.518. The van der Waals surface area contributed by atoms with Gasteiger partial charge in [0.2, 0.25) is 0 Å². The van der Waals surface area contributed by atoms with Crippen LogP contribution in [0, 0.1) is 10.1 Å². The molecule has 2 heterocycles. The molecule has 1 aromatic carbocycles. The van der Waals surface area contributed by atoms with E-state index in [0.29, 0.717) is 16.2 Å². The Morgan fingerprint density at radius 3 is 2.61 bits per heavy atom. The van der Waals surface area contributed by atoms with E-state index < -0.39 is 10.5 Å². The highest BCUT2D eigenvalue weighted by atomic mass is 32.2. The van der Waals surface area contributed by atoms with Crippen LogP contribution in [0.5, 0.6) is 5.75 Å². The van der Waals surface area contributed by atoms with E-state index in [1.807, 2.05) is 0 Å². The Morgan fingerprint density at radius 2 is 2.00 bits per heavy atom. The van der Waals surface area contributed by atoms with Crippen molar-refractivity contribution in [3.8, 4) is 11.4 Å². The molecule has 3 aromatic rings. The maximum absolute atomic E-state index is 12.3. The molecule has 1 N–H and O–H groups in total. The number of benzene rings is 1. The molecule has 0 saturated heterocycles. The van der Waals surface area contributed by atoms with E-state index in [-0.39, 0.29) is 17.1 Å². The molecule has 0 spiro atoms. The third-order valence-corrected chi connectivity index (χ3v) is 3.78. The number of thioether (sulfide) groups is 1. The summed E-state index contributed by atoms with van der Waals surface area (Å²) in [6.07, 6.45) is 3.23. The second-order valence-corrected chi connectivity index (χ2v) is 5.34. The zero-order valence-corrected chi connectivity index (χ0v) is 12.6. The fraction of sp³-hybridized carbons (Fsp3) is 0.0714. The molecule has 9 heteroatoms. The van der Waals surface area contributed by atoms with E-state index in [4.69, 9.17) is 0 Å². The van der Waals surface area contributed by atoms with Crippen molar-refractivity contribution >= 4 is 28.5 Å². The summed E-state index contributed by atoms with van der Waals surface area (Å²) in [6.45, 7) is 0. The summed E-state index contributed by atoms with van der Waals surface area (Å²) in [5.41, 5.74) is 0.0819. The van der Waals surface area contributed by atoms with Crippen LogP contribution in [0.2, 0.25) is 0 Å². The normalized spacial score (nSPS) is 10.8. The lowest BCUT2D eigenvalue weighted by Gasteiger charge is -2.10. The summed E-state index contributed by atoms with van der Waals surface area (Å²) in [5.74, 6) is -0.212. The SMILES string of the molecule is CSc1ncc2c(O)cc(=O)n(-c3ccc([N+](=O)[O-])cc3)c2n1. The summed E-state index contributed by atoms with van der Waals surface area (Å²) in [6, 6.07) is 6.58. The van der Waals surface area contributed by atoms with Gasteiger partial charge in [-0.05, 0) is 18.4 Å². The van der Waals surface area contributed by atoms with Crippen LogP contribution in [0.25, 0.3) is 16.7 Å². The highest BCUT2D eigenvalue weighted by Gasteiger charge is 2.14. The van der Waals surface area contributed by atoms with Gasteiger partial charge in [-0.3, -0.25) is 19.5 Å². The minimum absolute atomic E-state index is 0.0793. The van der Waals surface area contributed by atoms with Crippen LogP contribution in [0.4, 0.5) is 5.69 Å². The number of nitro benzene ring substituents is 1. The van der Waals surface area contributed by atoms with E-state index in [1.165, 1.54) is 46.8 Å². The zero-order valence-electron chi connectivity index (χ0n) is 11.8. The van der Waals surface area contributed by atoms with Gasteiger partial charge in [0.05, 0.1) is 16.0 Å². The Morgan fingerprint density at radius 1 is 1.30 bits per heavy atom. The summed E-state index contributed by atoms with van der Waals surface area (Å²) < 4.78 is 1.28. The first-order chi connectivity index (χ1) is 11.0. The molecule has 0 radical (unpaired) electrons. The number of nitro groups is 1. The van der Waals surface area contributed by atoms with Gasteiger partial charge in [-0.2, -0.15) is 0 Å². The molecule has 0 aliphatic carbocycles. The highest BCUT2D eigenvalue weighted by Crippen LogP contribution is 2.24. The Balaban J connectivity index is 2.31. The Kier molecular flexibility index (Phi) is 3.70. The van der Waals surface area contributed by atoms with Crippen LogP contribution in [0.3, 0.4) is 0 Å². The third-order valence-electron chi connectivity index (χ3n) is 3.22. The summed E-state index contributed by atoms with van der Waals surface area (Å²) in [5, 5.41) is 21.4. The second-order valence-electron chi connectivity index (χ2n) is 4.57. The van der Waals surface area contributed by atoms with Gasteiger partial charge < -0.3 is 5.11 Å². The van der Waals surface area contributed by atoms with Gasteiger partial charge in [0, 0.05) is 24.4 Å². The van der Waals surface area contributed by atoms with Gasteiger partial charge in [-0.1, -0.05) is 11.8 Å². The molecule has 0 atom stereocenters. The smallest absolute Gasteiger partial charge is 0.269 e. The predicted octanol–water partition coefficient (Wildman–Crippen LogP) is 2.12. The minimum Gasteiger partial charge on any atom is -0.507 e. The molecule has 8 nitrogen and oxygen atoms in total. The van der Waals surface area contributed by atoms with Crippen LogP contribution < -0.4 is 5.56 Å². The lowest BCUT2D eigenvalue weighted by molar-refractivity contribution is -0.384. The van der Waals surface area contributed by atoms with Crippen molar-refractivity contribution < 1.29 is 10.0 Å². The van der Waals surface area contributed by atoms with Crippen LogP contribution in [0.15, 0.2) is 46.5 Å². The molecule has 116 valence electrons. The molecule has 0 aliphatic rings. The molecule has 0 aliphatic heterocycles. The van der Waals surface area contributed by atoms with E-state index in [9.17, 15) is 20.0 Å². The van der Waals surface area contributed by atoms with Crippen molar-refractivity contribution in [2.75, 3.05) is 6.26 Å². The van der Waals surface area contributed by atoms with E-state index >= 15 is 0 Å². The molecule has 3 rings (SSSR count). The van der Waals surface area contributed by atoms with Crippen LogP contribution >= 0.6 is 11.8 Å². The monoisotopic (exact) mass is 330 g/mol. The van der Waals surface area contributed by atoms with Crippen molar-refractivity contribution in [3.63, 3.8) is 0 Å². The van der Waals surface area contributed by atoms with Crippen molar-refractivity contribution in [1.82, 2.24) is 14.5 Å². The van der Waals surface area contributed by atoms with Gasteiger partial charge in [0.25, 0.3) is 11.2 Å². The summed E-state index contributed by atoms with van der Waals surface area (Å²) in [7, 11) is 0. The van der Waals surface area contributed by atoms with Gasteiger partial charge >= 0.3 is 0 Å². The molecule has 0 amide bonds. The number of nitrogens with zero attached hydrogens (tertiary/aromatic N) is 4. The maximum Gasteiger partial charge on any atom is 0.269 e. The van der Waals surface area contributed by atoms with E-state index in [0.717, 1.165) is 6.07 Å². The number of hydrogen-bond acceptors (Lipinski definition) is 7. The zero-order chi connectivity index (χ0) is 16.6. The molecule has 0 fully saturated rings. The fourth-order valence-electron chi connectivity index (χ4n) is 2.14. The molecule has 0 unspecified atom stereocenters. The summed E-state index contributed by atoms with van der Waals surface area (Å²) >= 11 is 1.30. The average molecular weight is 330 g/mol. The number of rotatable bonds is 3. The average Bonchev–Trinajstić information content (AvgIpc) is 2.54. The fourth-order valence-corrected chi connectivity index (χ4v) is 2.48. The number of non-ortho nitro benzene ring substituents is 1. The quantitative estimate of drug-likeness (QED) is 0.339. The number of pyridine rings is 1. The standard InChI is InChI=1S/C14H10N4O4S/c1-23-14-15-7-10-11(19)6-12(20)17(13(10)16-14)8-2-4-9(5-3-8)18(21)22/h2-7,19H,1H3. The largest absolute Gasteiger partial charge is 0.507 e. The predicted molar refractivity (Wildman–Crippen MR) is 85.2 cm³/mol. The molecular weight excluding hydrogens is 320 g/mol. The van der Waals surface area contributed by atoms with E-state index in [2.05, 4.69) is 9.97 Å². The van der Waals surface area contributed by atoms with Crippen molar-refractivity contribution in [2.24, 2.45) is 0 Å². The first-order valence-electron chi connectivity index (χ1n) is 6.42. The molecule has 2 aromatic heterocycles. The van der Waals surface area contributed by atoms with Crippen molar-refractivity contribution in [2.45, 2.75) is 5.16 Å². The number of aromatic nitrogens is 3. The van der Waals surface area contributed by atoms with E-state index in [1.54, 1.807) is 6.26 Å². The number of hydrogen-bond donors (Lipinski definition) is 1. The lowest BCUT2D eigenvalue weighted by atomic mass is 10.2. The Hall–Kier alpha value is -2.94. The van der Waals surface area contributed by atoms with Crippen LogP contribution in [0.1, 0.15) is 0 Å². The highest BCUT2D eigenvalue weighted by molar-refractivity contribution is 7.98. The number of aromatic hydroxyl groups is 1. The first-order valence-corrected chi connectivity index (χ1v) is 7.64. The molecule has 0 saturated carbocycles. The van der Waals surface area contributed by atoms with Gasteiger partial charge in [-0.15, -0.1) is 0 Å². The maximum atomic E-state index is 12.3. The number of fused-ring (bicyclic) bond motifs is 1. The molecule has 23 heavy (non-hydrogen) atoms. The Labute approximate surface area is 133 Å². The lowest BCUT2D eigenvalue weighted by Crippen LogP contribution is -2.18. The topological polar surface area (TPSA) is 111 Å². The van der Waals surface area contributed by atoms with Gasteiger partial charge in [-0.25, -0.2) is 9.97 Å². The molecule has 0 bridgehead atoms. The van der Waals surface area contributed by atoms with Crippen molar-refractivity contribution in [1.29, 1.82) is 0 Å². The Bertz CT molecular complexity index is 969. The molecular formula is C14H10N4O4S.